The summed E-state index contributed by atoms with van der Waals surface area (Å²) < 4.78 is 0. The average Bonchev–Trinajstić information content (AvgIpc) is 2.59. The Hall–Kier alpha value is -1.48. The summed E-state index contributed by atoms with van der Waals surface area (Å²) in [6.07, 6.45) is 0.194. The lowest BCUT2D eigenvalue weighted by Crippen LogP contribution is -2.22. The van der Waals surface area contributed by atoms with Crippen molar-refractivity contribution in [3.8, 4) is 6.07 Å². The lowest BCUT2D eigenvalue weighted by molar-refractivity contribution is 0.0572. The van der Waals surface area contributed by atoms with Gasteiger partial charge in [0, 0.05) is 31.4 Å². The number of aliphatic hydroxyl groups is 2. The van der Waals surface area contributed by atoms with E-state index in [1.54, 1.807) is 12.3 Å². The molecule has 2 atom stereocenters. The van der Waals surface area contributed by atoms with E-state index >= 15 is 0 Å². The van der Waals surface area contributed by atoms with Gasteiger partial charge in [0.2, 0.25) is 0 Å². The molecule has 5 nitrogen and oxygen atoms in total. The first-order chi connectivity index (χ1) is 7.70. The second kappa shape index (κ2) is 4.58. The highest BCUT2D eigenvalue weighted by Gasteiger charge is 2.29. The molecule has 0 aliphatic carbocycles. The summed E-state index contributed by atoms with van der Waals surface area (Å²) in [5, 5.41) is 27.7. The Labute approximate surface area is 93.6 Å². The topological polar surface area (TPSA) is 80.4 Å². The summed E-state index contributed by atoms with van der Waals surface area (Å²) >= 11 is 0. The highest BCUT2D eigenvalue weighted by Crippen LogP contribution is 2.15. The SMILES string of the molecule is N#Cc1ncccc1CN1CC(O)C(O)C1. The Morgan fingerprint density at radius 3 is 2.75 bits per heavy atom. The van der Waals surface area contributed by atoms with Crippen LogP contribution in [0.2, 0.25) is 0 Å². The molecule has 5 heteroatoms. The molecule has 2 unspecified atom stereocenters. The molecule has 0 spiro atoms. The summed E-state index contributed by atoms with van der Waals surface area (Å²) in [6.45, 7) is 1.40. The molecule has 1 aliphatic rings. The molecule has 2 N–H and O–H groups in total. The van der Waals surface area contributed by atoms with Crippen molar-refractivity contribution in [3.05, 3.63) is 29.6 Å². The number of likely N-dealkylation sites (tertiary alicyclic amines) is 1. The van der Waals surface area contributed by atoms with Gasteiger partial charge in [-0.1, -0.05) is 6.07 Å². The van der Waals surface area contributed by atoms with Crippen molar-refractivity contribution < 1.29 is 10.2 Å². The predicted molar refractivity (Wildman–Crippen MR) is 56.2 cm³/mol. The Morgan fingerprint density at radius 2 is 2.12 bits per heavy atom. The van der Waals surface area contributed by atoms with Crippen molar-refractivity contribution in [2.75, 3.05) is 13.1 Å². The largest absolute Gasteiger partial charge is 0.389 e. The maximum Gasteiger partial charge on any atom is 0.144 e. The number of nitrogens with zero attached hydrogens (tertiary/aromatic N) is 3. The first-order valence-corrected chi connectivity index (χ1v) is 5.13. The zero-order valence-electron chi connectivity index (χ0n) is 8.74. The van der Waals surface area contributed by atoms with E-state index in [0.717, 1.165) is 5.56 Å². The smallest absolute Gasteiger partial charge is 0.144 e. The minimum Gasteiger partial charge on any atom is -0.389 e. The summed E-state index contributed by atoms with van der Waals surface area (Å²) in [6, 6.07) is 5.64. The molecule has 0 radical (unpaired) electrons. The van der Waals surface area contributed by atoms with Crippen LogP contribution < -0.4 is 0 Å². The predicted octanol–water partition coefficient (Wildman–Crippen LogP) is -0.509. The molecule has 1 aromatic heterocycles. The van der Waals surface area contributed by atoms with E-state index in [4.69, 9.17) is 5.26 Å². The lowest BCUT2D eigenvalue weighted by Gasteiger charge is -2.14. The summed E-state index contributed by atoms with van der Waals surface area (Å²) in [5.74, 6) is 0. The quantitative estimate of drug-likeness (QED) is 0.700. The third-order valence-electron chi connectivity index (χ3n) is 2.73. The second-order valence-corrected chi connectivity index (χ2v) is 3.95. The van der Waals surface area contributed by atoms with Crippen LogP contribution in [0.1, 0.15) is 11.3 Å². The van der Waals surface area contributed by atoms with Gasteiger partial charge in [-0.05, 0) is 6.07 Å². The monoisotopic (exact) mass is 219 g/mol. The number of pyridine rings is 1. The van der Waals surface area contributed by atoms with Crippen LogP contribution in [-0.2, 0) is 6.54 Å². The number of aliphatic hydroxyl groups excluding tert-OH is 2. The Balaban J connectivity index is 2.08. The number of nitriles is 1. The number of hydrogen-bond donors (Lipinski definition) is 2. The lowest BCUT2D eigenvalue weighted by atomic mass is 10.2. The molecule has 84 valence electrons. The van der Waals surface area contributed by atoms with E-state index < -0.39 is 12.2 Å². The van der Waals surface area contributed by atoms with Crippen molar-refractivity contribution in [2.45, 2.75) is 18.8 Å². The molecule has 1 aliphatic heterocycles. The van der Waals surface area contributed by atoms with Gasteiger partial charge in [-0.15, -0.1) is 0 Å². The van der Waals surface area contributed by atoms with Gasteiger partial charge in [0.1, 0.15) is 11.8 Å². The third-order valence-corrected chi connectivity index (χ3v) is 2.73. The standard InChI is InChI=1S/C11H13N3O2/c12-4-9-8(2-1-3-13-9)5-14-6-10(15)11(16)7-14/h1-3,10-11,15-16H,5-7H2. The number of aromatic nitrogens is 1. The van der Waals surface area contributed by atoms with Gasteiger partial charge >= 0.3 is 0 Å². The molecule has 1 aromatic rings. The normalized spacial score (nSPS) is 25.6. The highest BCUT2D eigenvalue weighted by atomic mass is 16.3. The molecule has 0 bridgehead atoms. The maximum absolute atomic E-state index is 9.40. The summed E-state index contributed by atoms with van der Waals surface area (Å²) in [7, 11) is 0. The van der Waals surface area contributed by atoms with Crippen LogP contribution in [0.5, 0.6) is 0 Å². The zero-order valence-corrected chi connectivity index (χ0v) is 8.74. The fourth-order valence-electron chi connectivity index (χ4n) is 1.88. The Kier molecular flexibility index (Phi) is 3.15. The van der Waals surface area contributed by atoms with E-state index in [1.807, 2.05) is 17.0 Å². The molecule has 1 saturated heterocycles. The van der Waals surface area contributed by atoms with Crippen molar-refractivity contribution in [1.29, 1.82) is 5.26 Å². The van der Waals surface area contributed by atoms with E-state index in [-0.39, 0.29) is 0 Å². The second-order valence-electron chi connectivity index (χ2n) is 3.95. The molecular formula is C11H13N3O2. The van der Waals surface area contributed by atoms with Crippen LogP contribution in [0.15, 0.2) is 18.3 Å². The van der Waals surface area contributed by atoms with Gasteiger partial charge in [0.05, 0.1) is 12.2 Å². The fraction of sp³-hybridized carbons (Fsp3) is 0.455. The molecule has 2 rings (SSSR count). The minimum absolute atomic E-state index is 0.401. The average molecular weight is 219 g/mol. The van der Waals surface area contributed by atoms with E-state index in [2.05, 4.69) is 4.98 Å². The number of rotatable bonds is 2. The van der Waals surface area contributed by atoms with Crippen LogP contribution in [0.25, 0.3) is 0 Å². The van der Waals surface area contributed by atoms with E-state index in [0.29, 0.717) is 25.3 Å². The minimum atomic E-state index is -0.692. The zero-order chi connectivity index (χ0) is 11.5. The summed E-state index contributed by atoms with van der Waals surface area (Å²) in [5.41, 5.74) is 1.23. The fourth-order valence-corrected chi connectivity index (χ4v) is 1.88. The number of β-amino-alcohol motifs (C(OH)–C–C–N with tert-alkyl or cyclic N) is 2. The van der Waals surface area contributed by atoms with Crippen molar-refractivity contribution in [1.82, 2.24) is 9.88 Å². The van der Waals surface area contributed by atoms with Gasteiger partial charge < -0.3 is 10.2 Å². The first-order valence-electron chi connectivity index (χ1n) is 5.13. The molecule has 0 saturated carbocycles. The molecule has 1 fully saturated rings. The van der Waals surface area contributed by atoms with Crippen LogP contribution in [0, 0.1) is 11.3 Å². The molecule has 0 amide bonds. The van der Waals surface area contributed by atoms with Crippen LogP contribution in [0.4, 0.5) is 0 Å². The van der Waals surface area contributed by atoms with Crippen molar-refractivity contribution in [3.63, 3.8) is 0 Å². The first kappa shape index (κ1) is 11.0. The van der Waals surface area contributed by atoms with Crippen molar-refractivity contribution in [2.24, 2.45) is 0 Å². The van der Waals surface area contributed by atoms with E-state index in [1.165, 1.54) is 0 Å². The molecular weight excluding hydrogens is 206 g/mol. The Morgan fingerprint density at radius 1 is 1.44 bits per heavy atom. The maximum atomic E-state index is 9.40. The van der Waals surface area contributed by atoms with Crippen LogP contribution in [-0.4, -0.2) is 45.4 Å². The van der Waals surface area contributed by atoms with E-state index in [9.17, 15) is 10.2 Å². The van der Waals surface area contributed by atoms with Crippen LogP contribution in [0.3, 0.4) is 0 Å². The van der Waals surface area contributed by atoms with Gasteiger partial charge in [0.25, 0.3) is 0 Å². The molecule has 0 aromatic carbocycles. The van der Waals surface area contributed by atoms with Gasteiger partial charge in [-0.2, -0.15) is 5.26 Å². The van der Waals surface area contributed by atoms with Gasteiger partial charge in [0.15, 0.2) is 0 Å². The van der Waals surface area contributed by atoms with Crippen molar-refractivity contribution >= 4 is 0 Å². The van der Waals surface area contributed by atoms with Gasteiger partial charge in [-0.25, -0.2) is 4.98 Å². The highest BCUT2D eigenvalue weighted by molar-refractivity contribution is 5.30. The number of hydrogen-bond acceptors (Lipinski definition) is 5. The Bertz CT molecular complexity index is 406. The van der Waals surface area contributed by atoms with Crippen LogP contribution >= 0.6 is 0 Å². The third kappa shape index (κ3) is 2.19. The summed E-state index contributed by atoms with van der Waals surface area (Å²) in [4.78, 5) is 5.87. The van der Waals surface area contributed by atoms with Gasteiger partial charge in [-0.3, -0.25) is 4.90 Å². The molecule has 2 heterocycles. The molecule has 16 heavy (non-hydrogen) atoms.